The number of anilines is 1. The van der Waals surface area contributed by atoms with E-state index in [0.717, 1.165) is 12.1 Å². The van der Waals surface area contributed by atoms with Crippen LogP contribution in [0.2, 0.25) is 0 Å². The molecule has 0 aliphatic rings. The van der Waals surface area contributed by atoms with Gasteiger partial charge in [0.2, 0.25) is 0 Å². The number of carboxylic acid groups (broad SMARTS) is 1. The molecular formula is C12H11F2N3O2. The Morgan fingerprint density at radius 3 is 2.53 bits per heavy atom. The van der Waals surface area contributed by atoms with Crippen LogP contribution in [-0.2, 0) is 13.6 Å². The van der Waals surface area contributed by atoms with Crippen molar-refractivity contribution in [3.63, 3.8) is 0 Å². The van der Waals surface area contributed by atoms with Gasteiger partial charge in [-0.05, 0) is 18.2 Å². The fourth-order valence-electron chi connectivity index (χ4n) is 1.60. The van der Waals surface area contributed by atoms with Crippen LogP contribution in [0.5, 0.6) is 0 Å². The number of hydrogen-bond donors (Lipinski definition) is 2. The van der Waals surface area contributed by atoms with Gasteiger partial charge >= 0.3 is 5.97 Å². The lowest BCUT2D eigenvalue weighted by molar-refractivity contribution is 0.0696. The lowest BCUT2D eigenvalue weighted by atomic mass is 10.2. The summed E-state index contributed by atoms with van der Waals surface area (Å²) in [5, 5.41) is 15.3. The van der Waals surface area contributed by atoms with Crippen molar-refractivity contribution in [1.29, 1.82) is 0 Å². The molecule has 0 atom stereocenters. The molecule has 0 saturated carbocycles. The van der Waals surface area contributed by atoms with Crippen LogP contribution in [0.3, 0.4) is 0 Å². The van der Waals surface area contributed by atoms with Gasteiger partial charge in [0.25, 0.3) is 0 Å². The minimum atomic E-state index is -1.38. The Morgan fingerprint density at radius 2 is 2.05 bits per heavy atom. The van der Waals surface area contributed by atoms with Crippen LogP contribution in [0.4, 0.5) is 14.5 Å². The average Bonchev–Trinajstić information content (AvgIpc) is 2.73. The highest BCUT2D eigenvalue weighted by Gasteiger charge is 2.14. The number of benzene rings is 1. The van der Waals surface area contributed by atoms with Gasteiger partial charge in [0, 0.05) is 13.2 Å². The number of carboxylic acids is 1. The van der Waals surface area contributed by atoms with Crippen molar-refractivity contribution in [2.24, 2.45) is 7.05 Å². The predicted octanol–water partition coefficient (Wildman–Crippen LogP) is 2.01. The number of halogens is 2. The SMILES string of the molecule is Cn1ccc(CNc2c(F)cc(C(=O)O)cc2F)n1. The van der Waals surface area contributed by atoms with Crippen LogP contribution >= 0.6 is 0 Å². The van der Waals surface area contributed by atoms with Crippen LogP contribution < -0.4 is 5.32 Å². The van der Waals surface area contributed by atoms with Crippen molar-refractivity contribution in [2.75, 3.05) is 5.32 Å². The van der Waals surface area contributed by atoms with Gasteiger partial charge in [-0.25, -0.2) is 13.6 Å². The lowest BCUT2D eigenvalue weighted by Crippen LogP contribution is -2.07. The van der Waals surface area contributed by atoms with Crippen LogP contribution in [0, 0.1) is 11.6 Å². The summed E-state index contributed by atoms with van der Waals surface area (Å²) in [6.07, 6.45) is 1.71. The highest BCUT2D eigenvalue weighted by atomic mass is 19.1. The molecule has 7 heteroatoms. The van der Waals surface area contributed by atoms with Crippen LogP contribution in [-0.4, -0.2) is 20.9 Å². The summed E-state index contributed by atoms with van der Waals surface area (Å²) < 4.78 is 28.7. The van der Waals surface area contributed by atoms with Crippen molar-refractivity contribution in [3.05, 3.63) is 47.3 Å². The Bertz CT molecular complexity index is 602. The number of aromatic nitrogens is 2. The minimum absolute atomic E-state index is 0.140. The van der Waals surface area contributed by atoms with Gasteiger partial charge < -0.3 is 10.4 Å². The Labute approximate surface area is 107 Å². The standard InChI is InChI=1S/C12H11F2N3O2/c1-17-3-2-8(16-17)6-15-11-9(13)4-7(12(18)19)5-10(11)14/h2-5,15H,6H2,1H3,(H,18,19). The van der Waals surface area contributed by atoms with Gasteiger partial charge in [-0.1, -0.05) is 0 Å². The Balaban J connectivity index is 2.18. The molecule has 0 saturated heterocycles. The third-order valence-corrected chi connectivity index (χ3v) is 2.50. The maximum absolute atomic E-state index is 13.6. The molecule has 0 bridgehead atoms. The van der Waals surface area contributed by atoms with E-state index < -0.39 is 23.2 Å². The predicted molar refractivity (Wildman–Crippen MR) is 63.9 cm³/mol. The molecule has 0 amide bonds. The van der Waals surface area contributed by atoms with E-state index >= 15 is 0 Å². The Morgan fingerprint density at radius 1 is 1.42 bits per heavy atom. The van der Waals surface area contributed by atoms with Gasteiger partial charge in [-0.3, -0.25) is 4.68 Å². The zero-order valence-electron chi connectivity index (χ0n) is 10.0. The van der Waals surface area contributed by atoms with E-state index in [-0.39, 0.29) is 12.2 Å². The maximum atomic E-state index is 13.6. The molecule has 2 N–H and O–H groups in total. The van der Waals surface area contributed by atoms with Gasteiger partial charge in [-0.2, -0.15) is 5.10 Å². The van der Waals surface area contributed by atoms with Crippen molar-refractivity contribution < 1.29 is 18.7 Å². The largest absolute Gasteiger partial charge is 0.478 e. The fourth-order valence-corrected chi connectivity index (χ4v) is 1.60. The zero-order valence-corrected chi connectivity index (χ0v) is 10.0. The first kappa shape index (κ1) is 13.0. The first-order chi connectivity index (χ1) is 8.97. The topological polar surface area (TPSA) is 67.2 Å². The Hall–Kier alpha value is -2.44. The van der Waals surface area contributed by atoms with E-state index in [4.69, 9.17) is 5.11 Å². The number of hydrogen-bond acceptors (Lipinski definition) is 3. The highest BCUT2D eigenvalue weighted by Crippen LogP contribution is 2.21. The number of aromatic carboxylic acids is 1. The van der Waals surface area contributed by atoms with Gasteiger partial charge in [-0.15, -0.1) is 0 Å². The molecule has 0 radical (unpaired) electrons. The molecule has 0 spiro atoms. The number of carbonyl (C=O) groups is 1. The second-order valence-electron chi connectivity index (χ2n) is 3.95. The van der Waals surface area contributed by atoms with E-state index in [1.54, 1.807) is 24.0 Å². The van der Waals surface area contributed by atoms with Crippen molar-refractivity contribution >= 4 is 11.7 Å². The molecule has 0 fully saturated rings. The smallest absolute Gasteiger partial charge is 0.335 e. The molecule has 1 heterocycles. The van der Waals surface area contributed by atoms with Crippen LogP contribution in [0.1, 0.15) is 16.1 Å². The molecular weight excluding hydrogens is 256 g/mol. The summed E-state index contributed by atoms with van der Waals surface area (Å²) in [5.74, 6) is -3.28. The molecule has 0 aliphatic heterocycles. The molecule has 1 aromatic carbocycles. The van der Waals surface area contributed by atoms with Gasteiger partial charge in [0.1, 0.15) is 17.3 Å². The summed E-state index contributed by atoms with van der Waals surface area (Å²) in [6, 6.07) is 3.24. The van der Waals surface area contributed by atoms with Crippen molar-refractivity contribution in [1.82, 2.24) is 9.78 Å². The quantitative estimate of drug-likeness (QED) is 0.889. The van der Waals surface area contributed by atoms with E-state index in [0.29, 0.717) is 5.69 Å². The maximum Gasteiger partial charge on any atom is 0.335 e. The molecule has 1 aromatic heterocycles. The molecule has 2 aromatic rings. The summed E-state index contributed by atoms with van der Waals surface area (Å²) >= 11 is 0. The third kappa shape index (κ3) is 2.87. The number of nitrogens with one attached hydrogen (secondary N) is 1. The minimum Gasteiger partial charge on any atom is -0.478 e. The molecule has 100 valence electrons. The van der Waals surface area contributed by atoms with Crippen LogP contribution in [0.15, 0.2) is 24.4 Å². The monoisotopic (exact) mass is 267 g/mol. The normalized spacial score (nSPS) is 10.5. The summed E-state index contributed by atoms with van der Waals surface area (Å²) in [5.41, 5.74) is -0.183. The van der Waals surface area contributed by atoms with E-state index in [1.165, 1.54) is 0 Å². The first-order valence-corrected chi connectivity index (χ1v) is 5.42. The molecule has 19 heavy (non-hydrogen) atoms. The fraction of sp³-hybridized carbons (Fsp3) is 0.167. The third-order valence-electron chi connectivity index (χ3n) is 2.50. The van der Waals surface area contributed by atoms with Gasteiger partial charge in [0.15, 0.2) is 0 Å². The van der Waals surface area contributed by atoms with E-state index in [9.17, 15) is 13.6 Å². The molecule has 0 aliphatic carbocycles. The summed E-state index contributed by atoms with van der Waals surface area (Å²) in [6.45, 7) is 0.140. The number of aryl methyl sites for hydroxylation is 1. The number of nitrogens with zero attached hydrogens (tertiary/aromatic N) is 2. The molecule has 2 rings (SSSR count). The highest BCUT2D eigenvalue weighted by molar-refractivity contribution is 5.88. The molecule has 0 unspecified atom stereocenters. The second-order valence-corrected chi connectivity index (χ2v) is 3.95. The van der Waals surface area contributed by atoms with Gasteiger partial charge in [0.05, 0.1) is 17.8 Å². The van der Waals surface area contributed by atoms with E-state index in [1.807, 2.05) is 0 Å². The van der Waals surface area contributed by atoms with E-state index in [2.05, 4.69) is 10.4 Å². The summed E-state index contributed by atoms with van der Waals surface area (Å²) in [4.78, 5) is 10.6. The average molecular weight is 267 g/mol. The second kappa shape index (κ2) is 5.05. The zero-order chi connectivity index (χ0) is 14.0. The number of rotatable bonds is 4. The van der Waals surface area contributed by atoms with Crippen molar-refractivity contribution in [3.8, 4) is 0 Å². The van der Waals surface area contributed by atoms with Crippen LogP contribution in [0.25, 0.3) is 0 Å². The Kier molecular flexibility index (Phi) is 3.46. The van der Waals surface area contributed by atoms with Crippen molar-refractivity contribution in [2.45, 2.75) is 6.54 Å². The molecule has 5 nitrogen and oxygen atoms in total. The summed E-state index contributed by atoms with van der Waals surface area (Å²) in [7, 11) is 1.73. The first-order valence-electron chi connectivity index (χ1n) is 5.42. The lowest BCUT2D eigenvalue weighted by Gasteiger charge is -2.08.